The molecule has 3 nitrogen and oxygen atoms in total. The Balaban J connectivity index is 1.64. The number of carbonyl (C=O) groups excluding carboxylic acids is 1. The van der Waals surface area contributed by atoms with E-state index in [2.05, 4.69) is 17.1 Å². The summed E-state index contributed by atoms with van der Waals surface area (Å²) in [6.45, 7) is 5.33. The smallest absolute Gasteiger partial charge is 0.222 e. The van der Waals surface area contributed by atoms with Gasteiger partial charge in [0.2, 0.25) is 5.91 Å². The van der Waals surface area contributed by atoms with Crippen molar-refractivity contribution >= 4 is 5.91 Å². The van der Waals surface area contributed by atoms with Crippen LogP contribution in [0.2, 0.25) is 0 Å². The van der Waals surface area contributed by atoms with Gasteiger partial charge in [-0.05, 0) is 31.7 Å². The number of fused-ring (bicyclic) bond motifs is 1. The predicted octanol–water partition coefficient (Wildman–Crippen LogP) is 2.56. The molecule has 3 heteroatoms. The summed E-state index contributed by atoms with van der Waals surface area (Å²) in [4.78, 5) is 14.2. The highest BCUT2D eigenvalue weighted by atomic mass is 16.2. The fourth-order valence-corrected chi connectivity index (χ4v) is 3.29. The largest absolute Gasteiger partial charge is 0.341 e. The average Bonchev–Trinajstić information content (AvgIpc) is 2.82. The number of unbranched alkanes of at least 4 members (excludes halogenated alkanes) is 4. The van der Waals surface area contributed by atoms with Crippen LogP contribution in [0.5, 0.6) is 0 Å². The van der Waals surface area contributed by atoms with Crippen LogP contribution in [0.1, 0.15) is 58.3 Å². The minimum absolute atomic E-state index is 0.391. The van der Waals surface area contributed by atoms with E-state index in [0.29, 0.717) is 11.9 Å². The molecule has 0 aliphatic carbocycles. The first-order valence-corrected chi connectivity index (χ1v) is 7.82. The van der Waals surface area contributed by atoms with Crippen molar-refractivity contribution in [1.82, 2.24) is 10.2 Å². The molecular formula is C15H28N2O. The maximum absolute atomic E-state index is 12.1. The van der Waals surface area contributed by atoms with Gasteiger partial charge in [0.25, 0.3) is 0 Å². The normalized spacial score (nSPS) is 27.3. The summed E-state index contributed by atoms with van der Waals surface area (Å²) in [6.07, 6.45) is 9.52. The van der Waals surface area contributed by atoms with Crippen molar-refractivity contribution in [3.63, 3.8) is 0 Å². The first-order valence-electron chi connectivity index (χ1n) is 7.82. The lowest BCUT2D eigenvalue weighted by Gasteiger charge is -2.24. The van der Waals surface area contributed by atoms with E-state index >= 15 is 0 Å². The Labute approximate surface area is 111 Å². The summed E-state index contributed by atoms with van der Waals surface area (Å²) in [7, 11) is 0. The standard InChI is InChI=1S/C15H28N2O/c1-2-3-4-5-6-9-15(18)17-11-13-8-7-10-16-14(13)12-17/h13-14,16H,2-12H2,1H3. The Hall–Kier alpha value is -0.570. The summed E-state index contributed by atoms with van der Waals surface area (Å²) >= 11 is 0. The minimum Gasteiger partial charge on any atom is -0.341 e. The van der Waals surface area contributed by atoms with Gasteiger partial charge in [-0.15, -0.1) is 0 Å². The van der Waals surface area contributed by atoms with E-state index in [4.69, 9.17) is 0 Å². The van der Waals surface area contributed by atoms with E-state index in [1.165, 1.54) is 38.5 Å². The van der Waals surface area contributed by atoms with Crippen molar-refractivity contribution in [2.75, 3.05) is 19.6 Å². The fourth-order valence-electron chi connectivity index (χ4n) is 3.29. The Bertz CT molecular complexity index is 253. The monoisotopic (exact) mass is 252 g/mol. The predicted molar refractivity (Wildman–Crippen MR) is 74.5 cm³/mol. The molecule has 2 rings (SSSR count). The van der Waals surface area contributed by atoms with Gasteiger partial charge in [-0.1, -0.05) is 32.6 Å². The number of hydrogen-bond donors (Lipinski definition) is 1. The molecule has 2 saturated heterocycles. The molecule has 2 atom stereocenters. The van der Waals surface area contributed by atoms with Gasteiger partial charge in [-0.25, -0.2) is 0 Å². The number of amides is 1. The molecule has 0 bridgehead atoms. The molecule has 2 aliphatic rings. The van der Waals surface area contributed by atoms with E-state index < -0.39 is 0 Å². The van der Waals surface area contributed by atoms with Crippen LogP contribution in [0.15, 0.2) is 0 Å². The van der Waals surface area contributed by atoms with Crippen molar-refractivity contribution in [1.29, 1.82) is 0 Å². The second-order valence-corrected chi connectivity index (χ2v) is 5.93. The lowest BCUT2D eigenvalue weighted by atomic mass is 9.94. The van der Waals surface area contributed by atoms with Crippen molar-refractivity contribution in [2.45, 2.75) is 64.3 Å². The fraction of sp³-hybridized carbons (Fsp3) is 0.933. The van der Waals surface area contributed by atoms with Crippen LogP contribution in [0, 0.1) is 5.92 Å². The second kappa shape index (κ2) is 7.13. The van der Waals surface area contributed by atoms with E-state index in [0.717, 1.165) is 38.4 Å². The van der Waals surface area contributed by atoms with Gasteiger partial charge in [-0.2, -0.15) is 0 Å². The van der Waals surface area contributed by atoms with Gasteiger partial charge in [-0.3, -0.25) is 4.79 Å². The molecule has 0 spiro atoms. The molecule has 2 aliphatic heterocycles. The molecule has 0 saturated carbocycles. The maximum atomic E-state index is 12.1. The van der Waals surface area contributed by atoms with E-state index in [1.807, 2.05) is 0 Å². The summed E-state index contributed by atoms with van der Waals surface area (Å²) in [5, 5.41) is 3.56. The second-order valence-electron chi connectivity index (χ2n) is 5.93. The van der Waals surface area contributed by atoms with Crippen molar-refractivity contribution in [2.24, 2.45) is 5.92 Å². The van der Waals surface area contributed by atoms with E-state index in [-0.39, 0.29) is 0 Å². The molecular weight excluding hydrogens is 224 g/mol. The molecule has 18 heavy (non-hydrogen) atoms. The molecule has 0 aromatic carbocycles. The SMILES string of the molecule is CCCCCCCC(=O)N1CC2CCCNC2C1. The van der Waals surface area contributed by atoms with Gasteiger partial charge in [0.1, 0.15) is 0 Å². The van der Waals surface area contributed by atoms with Crippen LogP contribution in [-0.4, -0.2) is 36.5 Å². The van der Waals surface area contributed by atoms with Crippen molar-refractivity contribution in [3.8, 4) is 0 Å². The zero-order chi connectivity index (χ0) is 12.8. The molecule has 1 N–H and O–H groups in total. The number of likely N-dealkylation sites (tertiary alicyclic amines) is 1. The third-order valence-electron chi connectivity index (χ3n) is 4.45. The van der Waals surface area contributed by atoms with Gasteiger partial charge < -0.3 is 10.2 Å². The molecule has 2 fully saturated rings. The van der Waals surface area contributed by atoms with E-state index in [9.17, 15) is 4.79 Å². The summed E-state index contributed by atoms with van der Waals surface area (Å²) in [6, 6.07) is 0.586. The summed E-state index contributed by atoms with van der Waals surface area (Å²) < 4.78 is 0. The van der Waals surface area contributed by atoms with Crippen LogP contribution in [-0.2, 0) is 4.79 Å². The van der Waals surface area contributed by atoms with Gasteiger partial charge >= 0.3 is 0 Å². The quantitative estimate of drug-likeness (QED) is 0.737. The van der Waals surface area contributed by atoms with Crippen molar-refractivity contribution < 1.29 is 4.79 Å². The topological polar surface area (TPSA) is 32.3 Å². The summed E-state index contributed by atoms with van der Waals surface area (Å²) in [5.41, 5.74) is 0. The highest BCUT2D eigenvalue weighted by Crippen LogP contribution is 2.25. The maximum Gasteiger partial charge on any atom is 0.222 e. The van der Waals surface area contributed by atoms with Crippen LogP contribution < -0.4 is 5.32 Å². The molecule has 1 amide bonds. The average molecular weight is 252 g/mol. The number of rotatable bonds is 6. The first kappa shape index (κ1) is 13.9. The van der Waals surface area contributed by atoms with E-state index in [1.54, 1.807) is 0 Å². The van der Waals surface area contributed by atoms with Gasteiger partial charge in [0.05, 0.1) is 0 Å². The summed E-state index contributed by atoms with van der Waals surface area (Å²) in [5.74, 6) is 1.12. The number of nitrogens with zero attached hydrogens (tertiary/aromatic N) is 1. The molecule has 104 valence electrons. The number of piperidine rings is 1. The third-order valence-corrected chi connectivity index (χ3v) is 4.45. The Morgan fingerprint density at radius 1 is 1.22 bits per heavy atom. The van der Waals surface area contributed by atoms with Crippen LogP contribution >= 0.6 is 0 Å². The van der Waals surface area contributed by atoms with Crippen LogP contribution in [0.25, 0.3) is 0 Å². The Morgan fingerprint density at radius 2 is 2.06 bits per heavy atom. The zero-order valence-corrected chi connectivity index (χ0v) is 11.8. The Morgan fingerprint density at radius 3 is 2.83 bits per heavy atom. The number of nitrogens with one attached hydrogen (secondary N) is 1. The molecule has 0 aromatic rings. The minimum atomic E-state index is 0.391. The first-order chi connectivity index (χ1) is 8.81. The highest BCUT2D eigenvalue weighted by Gasteiger charge is 2.35. The molecule has 2 unspecified atom stereocenters. The van der Waals surface area contributed by atoms with Crippen molar-refractivity contribution in [3.05, 3.63) is 0 Å². The Kier molecular flexibility index (Phi) is 5.48. The molecule has 0 radical (unpaired) electrons. The lowest BCUT2D eigenvalue weighted by Crippen LogP contribution is -2.41. The lowest BCUT2D eigenvalue weighted by molar-refractivity contribution is -0.130. The van der Waals surface area contributed by atoms with Crippen LogP contribution in [0.4, 0.5) is 0 Å². The molecule has 2 heterocycles. The third kappa shape index (κ3) is 3.71. The highest BCUT2D eigenvalue weighted by molar-refractivity contribution is 5.76. The van der Waals surface area contributed by atoms with Gasteiger partial charge in [0, 0.05) is 25.6 Å². The molecule has 0 aromatic heterocycles. The number of hydrogen-bond acceptors (Lipinski definition) is 2. The number of carbonyl (C=O) groups is 1. The zero-order valence-electron chi connectivity index (χ0n) is 11.8. The van der Waals surface area contributed by atoms with Gasteiger partial charge in [0.15, 0.2) is 0 Å². The van der Waals surface area contributed by atoms with Crippen LogP contribution in [0.3, 0.4) is 0 Å².